The molecule has 1 aromatic rings. The van der Waals surface area contributed by atoms with Crippen molar-refractivity contribution in [3.05, 3.63) is 77.9 Å². The molecule has 14 nitrogen and oxygen atoms in total. The number of carbonyl (C=O) groups is 6. The third kappa shape index (κ3) is 16.3. The van der Waals surface area contributed by atoms with Gasteiger partial charge in [-0.25, -0.2) is 5.43 Å². The van der Waals surface area contributed by atoms with Crippen molar-refractivity contribution in [1.82, 2.24) is 21.1 Å². The van der Waals surface area contributed by atoms with Crippen molar-refractivity contribution in [2.45, 2.75) is 155 Å². The van der Waals surface area contributed by atoms with E-state index in [1.165, 1.54) is 62.2 Å². The van der Waals surface area contributed by atoms with Crippen molar-refractivity contribution < 1.29 is 48.8 Å². The predicted molar refractivity (Wildman–Crippen MR) is 239 cm³/mol. The first-order valence-corrected chi connectivity index (χ1v) is 22.8. The van der Waals surface area contributed by atoms with Gasteiger partial charge in [-0.2, -0.15) is 0 Å². The third-order valence-electron chi connectivity index (χ3n) is 12.4. The number of benzene rings is 1. The molecule has 8 atom stereocenters. The first kappa shape index (κ1) is 50.7. The lowest BCUT2D eigenvalue weighted by Gasteiger charge is -2.36. The molecular formula is C49H70N4O10. The summed E-state index contributed by atoms with van der Waals surface area (Å²) in [5, 5.41) is 39.7. The van der Waals surface area contributed by atoms with Crippen molar-refractivity contribution in [3.63, 3.8) is 0 Å². The van der Waals surface area contributed by atoms with Gasteiger partial charge in [-0.05, 0) is 80.7 Å². The Hall–Kier alpha value is -4.92. The Morgan fingerprint density at radius 1 is 0.937 bits per heavy atom. The molecule has 0 radical (unpaired) electrons. The van der Waals surface area contributed by atoms with Gasteiger partial charge in [0.15, 0.2) is 5.78 Å². The van der Waals surface area contributed by atoms with Gasteiger partial charge in [0.05, 0.1) is 18.1 Å². The van der Waals surface area contributed by atoms with Gasteiger partial charge in [0, 0.05) is 38.1 Å². The van der Waals surface area contributed by atoms with Crippen LogP contribution in [-0.2, 0) is 39.9 Å². The molecule has 63 heavy (non-hydrogen) atoms. The summed E-state index contributed by atoms with van der Waals surface area (Å²) in [6, 6.07) is 2.98. The molecule has 2 fully saturated rings. The highest BCUT2D eigenvalue weighted by molar-refractivity contribution is 5.93. The lowest BCUT2D eigenvalue weighted by molar-refractivity contribution is -0.156. The quantitative estimate of drug-likeness (QED) is 0.0907. The Morgan fingerprint density at radius 2 is 1.68 bits per heavy atom. The average Bonchev–Trinajstić information content (AvgIpc) is 3.25. The number of amides is 3. The van der Waals surface area contributed by atoms with Crippen LogP contribution in [0.2, 0.25) is 0 Å². The number of nitrogens with zero attached hydrogens (tertiary/aromatic N) is 1. The molecule has 1 aromatic carbocycles. The van der Waals surface area contributed by atoms with Crippen LogP contribution in [-0.4, -0.2) is 98.6 Å². The second-order valence-electron chi connectivity index (χ2n) is 17.9. The molecule has 8 unspecified atom stereocenters. The normalized spacial score (nSPS) is 27.9. The minimum atomic E-state index is -1.41. The first-order valence-electron chi connectivity index (χ1n) is 22.8. The van der Waals surface area contributed by atoms with Crippen LogP contribution in [0.5, 0.6) is 5.75 Å². The molecule has 2 heterocycles. The van der Waals surface area contributed by atoms with Gasteiger partial charge >= 0.3 is 5.97 Å². The van der Waals surface area contributed by atoms with E-state index in [1.54, 1.807) is 76.3 Å². The number of hydrazine groups is 1. The van der Waals surface area contributed by atoms with Crippen LogP contribution in [0.4, 0.5) is 0 Å². The van der Waals surface area contributed by atoms with E-state index < -0.39 is 77.9 Å². The molecule has 1 saturated carbocycles. The maximum Gasteiger partial charge on any atom is 0.325 e. The average molecular weight is 875 g/mol. The van der Waals surface area contributed by atoms with Crippen molar-refractivity contribution in [1.29, 1.82) is 0 Å². The molecule has 0 spiro atoms. The molecule has 1 aliphatic carbocycles. The third-order valence-corrected chi connectivity index (χ3v) is 12.4. The number of esters is 1. The number of ketones is 2. The summed E-state index contributed by atoms with van der Waals surface area (Å²) in [5.74, 6) is -4.66. The zero-order chi connectivity index (χ0) is 46.1. The molecule has 3 aliphatic rings. The second-order valence-corrected chi connectivity index (χ2v) is 17.9. The number of ether oxygens (including phenoxy) is 1. The number of allylic oxidation sites excluding steroid dienone is 5. The van der Waals surface area contributed by atoms with E-state index in [0.717, 1.165) is 6.42 Å². The Balaban J connectivity index is 1.66. The molecular weight excluding hydrogens is 805 g/mol. The maximum atomic E-state index is 14.4. The molecule has 14 heteroatoms. The van der Waals surface area contributed by atoms with E-state index in [4.69, 9.17) is 4.74 Å². The number of phenols is 1. The fraction of sp³-hybridized carbons (Fsp3) is 0.592. The van der Waals surface area contributed by atoms with Crippen molar-refractivity contribution in [3.8, 4) is 5.75 Å². The van der Waals surface area contributed by atoms with Gasteiger partial charge < -0.3 is 35.5 Å². The number of aliphatic hydroxyl groups is 2. The van der Waals surface area contributed by atoms with Crippen LogP contribution in [0.3, 0.4) is 0 Å². The zero-order valence-corrected chi connectivity index (χ0v) is 37.7. The smallest absolute Gasteiger partial charge is 0.325 e. The van der Waals surface area contributed by atoms with Crippen LogP contribution in [0.15, 0.2) is 72.4 Å². The van der Waals surface area contributed by atoms with E-state index in [-0.39, 0.29) is 49.5 Å². The zero-order valence-electron chi connectivity index (χ0n) is 37.7. The van der Waals surface area contributed by atoms with Crippen molar-refractivity contribution in [2.75, 3.05) is 6.54 Å². The number of cyclic esters (lactones) is 1. The van der Waals surface area contributed by atoms with E-state index in [2.05, 4.69) is 16.1 Å². The molecule has 1 saturated heterocycles. The van der Waals surface area contributed by atoms with E-state index >= 15 is 0 Å². The Morgan fingerprint density at radius 3 is 2.38 bits per heavy atom. The number of aromatic hydroxyl groups is 1. The number of fused-ring (bicyclic) bond motifs is 2. The van der Waals surface area contributed by atoms with Crippen molar-refractivity contribution >= 4 is 35.3 Å². The molecule has 4 rings (SSSR count). The molecule has 0 aromatic heterocycles. The summed E-state index contributed by atoms with van der Waals surface area (Å²) < 4.78 is 6.09. The summed E-state index contributed by atoms with van der Waals surface area (Å²) in [7, 11) is 0. The van der Waals surface area contributed by atoms with Gasteiger partial charge in [0.25, 0.3) is 5.91 Å². The van der Waals surface area contributed by atoms with Crippen LogP contribution >= 0.6 is 0 Å². The summed E-state index contributed by atoms with van der Waals surface area (Å²) in [5.41, 5.74) is 4.24. The minimum Gasteiger partial charge on any atom is -0.508 e. The predicted octanol–water partition coefficient (Wildman–Crippen LogP) is 5.26. The minimum absolute atomic E-state index is 0.0223. The largest absolute Gasteiger partial charge is 0.508 e. The second kappa shape index (κ2) is 25.4. The number of Topliss-reactive ketones (excluding diaryl/α,β-unsaturated/α-hetero) is 1. The molecule has 2 bridgehead atoms. The Labute approximate surface area is 372 Å². The number of hydrogen-bond donors (Lipinski definition) is 6. The topological polar surface area (TPSA) is 212 Å². The first-order chi connectivity index (χ1) is 30.0. The number of rotatable bonds is 12. The number of carbonyl (C=O) groups excluding carboxylic acids is 6. The lowest BCUT2D eigenvalue weighted by Crippen LogP contribution is -2.62. The van der Waals surface area contributed by atoms with Crippen LogP contribution in [0.25, 0.3) is 0 Å². The maximum absolute atomic E-state index is 14.4. The van der Waals surface area contributed by atoms with Gasteiger partial charge in [-0.3, -0.25) is 29.0 Å². The van der Waals surface area contributed by atoms with Crippen LogP contribution in [0.1, 0.15) is 117 Å². The standard InChI is InChI=1S/C49H70N4O10/c1-31(2)44-47(60)50-41(30-36-18-13-20-38(56)29-36)48(61)53-28-14-21-40(52-53)49(62)63-43(32(3)15-12-19-37(55)26-25-35-16-8-6-9-17-35)23-11-7-10-22-42(57)34(5)45(58)39(46(59)51-44)27-24-33(4)54/h7,10-13,15,18-20,22,29,31,34-35,39-45,52,56-58H,6,8-9,14,16-17,21,23-28,30H2,1-5H3,(H,50,60)(H,51,59). The molecule has 6 N–H and O–H groups in total. The monoisotopic (exact) mass is 875 g/mol. The number of hydrogen-bond acceptors (Lipinski definition) is 11. The number of phenolic OH excluding ortho intramolecular Hbond substituents is 1. The van der Waals surface area contributed by atoms with E-state index in [0.29, 0.717) is 36.3 Å². The van der Waals surface area contributed by atoms with Gasteiger partial charge in [-0.1, -0.05) is 101 Å². The van der Waals surface area contributed by atoms with Crippen LogP contribution in [0, 0.1) is 23.7 Å². The number of nitrogens with one attached hydrogen (secondary N) is 3. The Bertz CT molecular complexity index is 1850. The molecule has 3 amide bonds. The highest BCUT2D eigenvalue weighted by Crippen LogP contribution is 2.28. The summed E-state index contributed by atoms with van der Waals surface area (Å²) >= 11 is 0. The molecule has 2 aliphatic heterocycles. The fourth-order valence-corrected chi connectivity index (χ4v) is 8.37. The van der Waals surface area contributed by atoms with Gasteiger partial charge in [0.2, 0.25) is 11.8 Å². The fourth-order valence-electron chi connectivity index (χ4n) is 8.37. The van der Waals surface area contributed by atoms with Gasteiger partial charge in [-0.15, -0.1) is 0 Å². The van der Waals surface area contributed by atoms with E-state index in [9.17, 15) is 44.1 Å². The van der Waals surface area contributed by atoms with Crippen LogP contribution < -0.4 is 16.1 Å². The number of aliphatic hydroxyl groups excluding tert-OH is 2. The molecule has 346 valence electrons. The van der Waals surface area contributed by atoms with E-state index in [1.807, 2.05) is 0 Å². The summed E-state index contributed by atoms with van der Waals surface area (Å²) in [4.78, 5) is 81.1. The van der Waals surface area contributed by atoms with Gasteiger partial charge in [0.1, 0.15) is 35.8 Å². The summed E-state index contributed by atoms with van der Waals surface area (Å²) in [6.07, 6.45) is 16.4. The summed E-state index contributed by atoms with van der Waals surface area (Å²) in [6.45, 7) is 8.41. The Kier molecular flexibility index (Phi) is 20.4. The van der Waals surface area contributed by atoms with Crippen molar-refractivity contribution in [2.24, 2.45) is 23.7 Å². The SMILES string of the molecule is CC(=O)CCC1C(=O)NC(C(C)C)C(=O)NC(Cc2cccc(O)c2)C(=O)N2CCCC(N2)C(=O)OC(C(C)=CC=CC(=O)CCC2CCCCC2)CC=CC=CC(O)C(C)C1O. The highest BCUT2D eigenvalue weighted by atomic mass is 16.5. The lowest BCUT2D eigenvalue weighted by atomic mass is 9.84. The highest BCUT2D eigenvalue weighted by Gasteiger charge is 2.38.